The molecule has 2 aromatic rings. The van der Waals surface area contributed by atoms with Crippen molar-refractivity contribution in [1.82, 2.24) is 10.8 Å². The Hall–Kier alpha value is -2.65. The maximum absolute atomic E-state index is 14.1. The number of hydrogen-bond acceptors (Lipinski definition) is 4. The number of anilines is 1. The molecule has 0 aliphatic rings. The molecule has 0 unspecified atom stereocenters. The van der Waals surface area contributed by atoms with E-state index in [1.54, 1.807) is 6.07 Å². The predicted molar refractivity (Wildman–Crippen MR) is 118 cm³/mol. The summed E-state index contributed by atoms with van der Waals surface area (Å²) in [5, 5.41) is 3.15. The molecule has 0 radical (unpaired) electrons. The average Bonchev–Trinajstić information content (AvgIpc) is 2.64. The molecule has 0 saturated carbocycles. The molecule has 0 aromatic heterocycles. The van der Waals surface area contributed by atoms with Crippen molar-refractivity contribution in [3.63, 3.8) is 0 Å². The molecule has 0 aliphatic carbocycles. The molecule has 7 nitrogen and oxygen atoms in total. The lowest BCUT2D eigenvalue weighted by atomic mass is 9.87. The minimum Gasteiger partial charge on any atom is -0.351 e. The Kier molecular flexibility index (Phi) is 7.80. The zero-order chi connectivity index (χ0) is 22.4. The zero-order valence-electron chi connectivity index (χ0n) is 17.9. The van der Waals surface area contributed by atoms with Crippen LogP contribution in [0.3, 0.4) is 0 Å². The van der Waals surface area contributed by atoms with Gasteiger partial charge in [-0.3, -0.25) is 9.56 Å². The maximum Gasteiger partial charge on any atom is 0.229 e. The Labute approximate surface area is 177 Å². The second-order valence-electron chi connectivity index (χ2n) is 7.96. The van der Waals surface area contributed by atoms with Crippen LogP contribution >= 0.6 is 0 Å². The predicted octanol–water partition coefficient (Wildman–Crippen LogP) is 3.29. The summed E-state index contributed by atoms with van der Waals surface area (Å²) in [6.07, 6.45) is 0.968. The molecule has 9 heteroatoms. The zero-order valence-corrected chi connectivity index (χ0v) is 18.7. The first-order valence-electron chi connectivity index (χ1n) is 9.41. The van der Waals surface area contributed by atoms with E-state index in [4.69, 9.17) is 4.84 Å². The summed E-state index contributed by atoms with van der Waals surface area (Å²) in [5.74, 6) is -0.266. The molecule has 2 rings (SSSR count). The van der Waals surface area contributed by atoms with Gasteiger partial charge in [-0.2, -0.15) is 0 Å². The minimum absolute atomic E-state index is 0.0951. The second kappa shape index (κ2) is 9.90. The second-order valence-corrected chi connectivity index (χ2v) is 9.71. The van der Waals surface area contributed by atoms with Gasteiger partial charge in [0.2, 0.25) is 16.0 Å². The van der Waals surface area contributed by atoms with Gasteiger partial charge in [-0.15, -0.1) is 0 Å². The van der Waals surface area contributed by atoms with Gasteiger partial charge in [0.15, 0.2) is 0 Å². The summed E-state index contributed by atoms with van der Waals surface area (Å²) in [6, 6.07) is 12.5. The molecular formula is C21H29FN4O3S. The van der Waals surface area contributed by atoms with E-state index in [0.29, 0.717) is 18.1 Å². The van der Waals surface area contributed by atoms with E-state index in [0.717, 1.165) is 11.8 Å². The first kappa shape index (κ1) is 23.6. The van der Waals surface area contributed by atoms with E-state index in [-0.39, 0.29) is 17.6 Å². The van der Waals surface area contributed by atoms with E-state index >= 15 is 0 Å². The molecule has 0 spiro atoms. The van der Waals surface area contributed by atoms with E-state index in [1.807, 2.05) is 0 Å². The number of guanidine groups is 1. The van der Waals surface area contributed by atoms with E-state index in [2.05, 4.69) is 65.5 Å². The third kappa shape index (κ3) is 7.64. The van der Waals surface area contributed by atoms with Crippen molar-refractivity contribution in [1.29, 1.82) is 0 Å². The lowest BCUT2D eigenvalue weighted by molar-refractivity contribution is 0.141. The number of nitrogens with zero attached hydrogens (tertiary/aromatic N) is 1. The Balaban J connectivity index is 2.03. The van der Waals surface area contributed by atoms with Crippen LogP contribution in [-0.4, -0.2) is 27.7 Å². The van der Waals surface area contributed by atoms with Crippen LogP contribution in [0.4, 0.5) is 10.1 Å². The fraction of sp³-hybridized carbons (Fsp3) is 0.381. The van der Waals surface area contributed by atoms with Gasteiger partial charge in [0, 0.05) is 6.54 Å². The third-order valence-corrected chi connectivity index (χ3v) is 4.82. The highest BCUT2D eigenvalue weighted by atomic mass is 32.2. The molecule has 0 saturated heterocycles. The molecule has 0 atom stereocenters. The van der Waals surface area contributed by atoms with Crippen molar-refractivity contribution in [2.24, 2.45) is 4.99 Å². The smallest absolute Gasteiger partial charge is 0.229 e. The van der Waals surface area contributed by atoms with E-state index in [9.17, 15) is 12.8 Å². The van der Waals surface area contributed by atoms with Crippen LogP contribution in [0.25, 0.3) is 0 Å². The standard InChI is InChI=1S/C21H29FN4O3S/c1-21(2,3)17-9-6-15(7-10-17)13-23-20(25-29-4)24-14-16-8-11-19(18(22)12-16)26-30(5,27)28/h6-12,26H,13-14H2,1-5H3,(H2,23,24,25). The van der Waals surface area contributed by atoms with Crippen LogP contribution in [0.1, 0.15) is 37.5 Å². The summed E-state index contributed by atoms with van der Waals surface area (Å²) in [6.45, 7) is 7.21. The Morgan fingerprint density at radius 2 is 1.73 bits per heavy atom. The van der Waals surface area contributed by atoms with Gasteiger partial charge in [0.05, 0.1) is 25.6 Å². The molecule has 0 fully saturated rings. The summed E-state index contributed by atoms with van der Waals surface area (Å²) in [7, 11) is -2.07. The molecule has 0 amide bonds. The monoisotopic (exact) mass is 436 g/mol. The molecular weight excluding hydrogens is 407 g/mol. The van der Waals surface area contributed by atoms with Crippen molar-refractivity contribution in [2.45, 2.75) is 39.3 Å². The average molecular weight is 437 g/mol. The normalized spacial score (nSPS) is 12.5. The molecule has 0 heterocycles. The number of hydrogen-bond donors (Lipinski definition) is 3. The summed E-state index contributed by atoms with van der Waals surface area (Å²) < 4.78 is 38.7. The van der Waals surface area contributed by atoms with Gasteiger partial charge in [0.1, 0.15) is 5.82 Å². The van der Waals surface area contributed by atoms with Crippen molar-refractivity contribution >= 4 is 21.7 Å². The molecule has 0 bridgehead atoms. The highest BCUT2D eigenvalue weighted by molar-refractivity contribution is 7.92. The number of halogens is 1. The Bertz CT molecular complexity index is 984. The number of nitrogens with one attached hydrogen (secondary N) is 3. The third-order valence-electron chi connectivity index (χ3n) is 4.23. The fourth-order valence-corrected chi connectivity index (χ4v) is 3.20. The van der Waals surface area contributed by atoms with Gasteiger partial charge in [-0.1, -0.05) is 51.1 Å². The number of aliphatic imine (C=N–C) groups is 1. The van der Waals surface area contributed by atoms with Crippen LogP contribution in [0.15, 0.2) is 47.5 Å². The van der Waals surface area contributed by atoms with E-state index in [1.165, 1.54) is 24.8 Å². The highest BCUT2D eigenvalue weighted by Gasteiger charge is 2.13. The van der Waals surface area contributed by atoms with Crippen LogP contribution in [0.2, 0.25) is 0 Å². The van der Waals surface area contributed by atoms with E-state index < -0.39 is 15.8 Å². The number of hydroxylamine groups is 1. The fourth-order valence-electron chi connectivity index (χ4n) is 2.64. The maximum atomic E-state index is 14.1. The number of benzene rings is 2. The van der Waals surface area contributed by atoms with Gasteiger partial charge in [0.25, 0.3) is 0 Å². The first-order valence-corrected chi connectivity index (χ1v) is 11.3. The molecule has 30 heavy (non-hydrogen) atoms. The Morgan fingerprint density at radius 3 is 2.27 bits per heavy atom. The Morgan fingerprint density at radius 1 is 1.10 bits per heavy atom. The molecule has 2 aromatic carbocycles. The minimum atomic E-state index is -3.54. The van der Waals surface area contributed by atoms with Gasteiger partial charge >= 0.3 is 0 Å². The SMILES string of the molecule is CONC(=NCc1ccc(NS(C)(=O)=O)c(F)c1)NCc1ccc(C(C)(C)C)cc1. The largest absolute Gasteiger partial charge is 0.351 e. The number of rotatable bonds is 7. The molecule has 0 aliphatic heterocycles. The van der Waals surface area contributed by atoms with Gasteiger partial charge in [-0.05, 0) is 34.2 Å². The van der Waals surface area contributed by atoms with Crippen molar-refractivity contribution in [3.05, 3.63) is 65.0 Å². The summed E-state index contributed by atoms with van der Waals surface area (Å²) in [5.41, 5.74) is 5.58. The summed E-state index contributed by atoms with van der Waals surface area (Å²) in [4.78, 5) is 9.31. The highest BCUT2D eigenvalue weighted by Crippen LogP contribution is 2.22. The topological polar surface area (TPSA) is 91.8 Å². The van der Waals surface area contributed by atoms with Gasteiger partial charge < -0.3 is 5.32 Å². The van der Waals surface area contributed by atoms with Crippen LogP contribution in [-0.2, 0) is 33.4 Å². The lowest BCUT2D eigenvalue weighted by Crippen LogP contribution is -2.36. The first-order chi connectivity index (χ1) is 14.0. The van der Waals surface area contributed by atoms with Crippen LogP contribution in [0, 0.1) is 5.82 Å². The molecule has 164 valence electrons. The van der Waals surface area contributed by atoms with Gasteiger partial charge in [-0.25, -0.2) is 23.3 Å². The lowest BCUT2D eigenvalue weighted by Gasteiger charge is -2.19. The van der Waals surface area contributed by atoms with Crippen LogP contribution in [0.5, 0.6) is 0 Å². The number of sulfonamides is 1. The van der Waals surface area contributed by atoms with Crippen molar-refractivity contribution < 1.29 is 17.6 Å². The summed E-state index contributed by atoms with van der Waals surface area (Å²) >= 11 is 0. The molecule has 3 N–H and O–H groups in total. The van der Waals surface area contributed by atoms with Crippen molar-refractivity contribution in [3.8, 4) is 0 Å². The van der Waals surface area contributed by atoms with Crippen molar-refractivity contribution in [2.75, 3.05) is 18.1 Å². The quantitative estimate of drug-likeness (QED) is 0.352. The van der Waals surface area contributed by atoms with Crippen LogP contribution < -0.4 is 15.5 Å².